The number of carbonyl (C=O) groups is 2. The van der Waals surface area contributed by atoms with Crippen LogP contribution in [-0.2, 0) is 14.3 Å². The van der Waals surface area contributed by atoms with Crippen LogP contribution in [0.4, 0.5) is 29.7 Å². The van der Waals surface area contributed by atoms with Gasteiger partial charge in [0, 0.05) is 35.7 Å². The average molecular weight is 735 g/mol. The Kier molecular flexibility index (Phi) is 10.1. The van der Waals surface area contributed by atoms with Crippen LogP contribution in [0.25, 0.3) is 11.1 Å². The van der Waals surface area contributed by atoms with Gasteiger partial charge in [-0.3, -0.25) is 4.90 Å². The van der Waals surface area contributed by atoms with Crippen LogP contribution < -0.4 is 15.4 Å². The van der Waals surface area contributed by atoms with Crippen molar-refractivity contribution in [2.75, 3.05) is 36.9 Å². The minimum absolute atomic E-state index is 0.0810. The minimum Gasteiger partial charge on any atom is -0.464 e. The molecule has 1 amide bonds. The summed E-state index contributed by atoms with van der Waals surface area (Å²) in [6.07, 6.45) is -6.15. The summed E-state index contributed by atoms with van der Waals surface area (Å²) < 4.78 is 61.0. The van der Waals surface area contributed by atoms with Crippen LogP contribution in [0.1, 0.15) is 58.6 Å². The summed E-state index contributed by atoms with van der Waals surface area (Å²) in [5, 5.41) is 0. The second kappa shape index (κ2) is 13.8. The fourth-order valence-corrected chi connectivity index (χ4v) is 6.66. The van der Waals surface area contributed by atoms with Crippen molar-refractivity contribution in [3.63, 3.8) is 0 Å². The zero-order chi connectivity index (χ0) is 34.9. The molecule has 2 atom stereocenters. The molecule has 5 rings (SSSR count). The summed E-state index contributed by atoms with van der Waals surface area (Å²) in [4.78, 5) is 37.6. The SMILES string of the molecule is CCOC(=O)[C@@H]1CC2(CCN(c3cc(O[C@H](c4ccc(Br)cc4-c4ccccc4)C(F)(F)F)nc(N)n3)CC2)CN1C(=O)OC(C)(C)C. The molecule has 3 heterocycles. The van der Waals surface area contributed by atoms with E-state index in [0.29, 0.717) is 60.3 Å². The number of amides is 1. The van der Waals surface area contributed by atoms with Crippen LogP contribution in [0, 0.1) is 5.41 Å². The van der Waals surface area contributed by atoms with E-state index in [1.807, 2.05) is 4.90 Å². The summed E-state index contributed by atoms with van der Waals surface area (Å²) in [6, 6.07) is 13.9. The monoisotopic (exact) mass is 733 g/mol. The quantitative estimate of drug-likeness (QED) is 0.249. The molecule has 3 aromatic rings. The third-order valence-corrected chi connectivity index (χ3v) is 8.96. The molecule has 2 aliphatic rings. The highest BCUT2D eigenvalue weighted by molar-refractivity contribution is 9.10. The lowest BCUT2D eigenvalue weighted by Gasteiger charge is -2.39. The van der Waals surface area contributed by atoms with Crippen LogP contribution in [0.3, 0.4) is 0 Å². The van der Waals surface area contributed by atoms with Gasteiger partial charge in [-0.15, -0.1) is 0 Å². The Bertz CT molecular complexity index is 1630. The third-order valence-electron chi connectivity index (χ3n) is 8.47. The lowest BCUT2D eigenvalue weighted by atomic mass is 9.76. The number of anilines is 2. The van der Waals surface area contributed by atoms with Crippen molar-refractivity contribution in [2.45, 2.75) is 70.9 Å². The summed E-state index contributed by atoms with van der Waals surface area (Å²) in [6.45, 7) is 8.38. The summed E-state index contributed by atoms with van der Waals surface area (Å²) in [5.41, 5.74) is 5.74. The molecule has 48 heavy (non-hydrogen) atoms. The topological polar surface area (TPSA) is 120 Å². The van der Waals surface area contributed by atoms with Crippen molar-refractivity contribution in [1.82, 2.24) is 14.9 Å². The second-order valence-electron chi connectivity index (χ2n) is 13.1. The van der Waals surface area contributed by atoms with E-state index in [1.165, 1.54) is 23.1 Å². The second-order valence-corrected chi connectivity index (χ2v) is 14.0. The highest BCUT2D eigenvalue weighted by Gasteiger charge is 2.51. The fourth-order valence-electron chi connectivity index (χ4n) is 6.30. The summed E-state index contributed by atoms with van der Waals surface area (Å²) in [7, 11) is 0. The van der Waals surface area contributed by atoms with Crippen molar-refractivity contribution in [3.05, 3.63) is 64.6 Å². The Balaban J connectivity index is 1.36. The third kappa shape index (κ3) is 8.13. The van der Waals surface area contributed by atoms with Gasteiger partial charge in [0.25, 0.3) is 0 Å². The largest absolute Gasteiger partial charge is 0.464 e. The highest BCUT2D eigenvalue weighted by Crippen LogP contribution is 2.46. The molecule has 0 radical (unpaired) electrons. The summed E-state index contributed by atoms with van der Waals surface area (Å²) in [5.74, 6) is -0.715. The van der Waals surface area contributed by atoms with Crippen LogP contribution in [-0.4, -0.2) is 71.0 Å². The first-order valence-corrected chi connectivity index (χ1v) is 16.5. The maximum atomic E-state index is 14.6. The number of esters is 1. The number of aromatic nitrogens is 2. The average Bonchev–Trinajstić information content (AvgIpc) is 3.39. The fraction of sp³-hybridized carbons (Fsp3) is 0.471. The number of rotatable bonds is 7. The van der Waals surface area contributed by atoms with Crippen molar-refractivity contribution in [2.24, 2.45) is 5.41 Å². The van der Waals surface area contributed by atoms with Gasteiger partial charge >= 0.3 is 18.2 Å². The summed E-state index contributed by atoms with van der Waals surface area (Å²) >= 11 is 3.37. The van der Waals surface area contributed by atoms with Crippen LogP contribution in [0.15, 0.2) is 59.1 Å². The number of nitrogen functional groups attached to an aromatic ring is 1. The van der Waals surface area contributed by atoms with Crippen LogP contribution in [0.5, 0.6) is 5.88 Å². The van der Waals surface area contributed by atoms with E-state index in [9.17, 15) is 22.8 Å². The Morgan fingerprint density at radius 3 is 2.38 bits per heavy atom. The molecule has 0 saturated carbocycles. The Hall–Kier alpha value is -4.07. The van der Waals surface area contributed by atoms with E-state index < -0.39 is 36.0 Å². The molecule has 258 valence electrons. The number of ether oxygens (including phenoxy) is 3. The van der Waals surface area contributed by atoms with Gasteiger partial charge in [-0.05, 0) is 75.6 Å². The molecule has 2 aliphatic heterocycles. The number of hydrogen-bond donors (Lipinski definition) is 1. The van der Waals surface area contributed by atoms with E-state index in [4.69, 9.17) is 19.9 Å². The molecule has 1 aromatic heterocycles. The Morgan fingerprint density at radius 1 is 1.06 bits per heavy atom. The molecule has 2 aromatic carbocycles. The predicted octanol–water partition coefficient (Wildman–Crippen LogP) is 7.33. The van der Waals surface area contributed by atoms with Gasteiger partial charge in [0.15, 0.2) is 0 Å². The van der Waals surface area contributed by atoms with E-state index in [2.05, 4.69) is 25.9 Å². The number of likely N-dealkylation sites (tertiary alicyclic amines) is 1. The molecule has 10 nitrogen and oxygen atoms in total. The van der Waals surface area contributed by atoms with Crippen molar-refractivity contribution in [1.29, 1.82) is 0 Å². The number of nitrogens with zero attached hydrogens (tertiary/aromatic N) is 4. The minimum atomic E-state index is -4.79. The van der Waals surface area contributed by atoms with Gasteiger partial charge in [-0.2, -0.15) is 23.1 Å². The first-order valence-electron chi connectivity index (χ1n) is 15.7. The van der Waals surface area contributed by atoms with E-state index in [1.54, 1.807) is 64.1 Å². The van der Waals surface area contributed by atoms with Gasteiger partial charge in [0.1, 0.15) is 17.5 Å². The van der Waals surface area contributed by atoms with Gasteiger partial charge in [-0.1, -0.05) is 52.3 Å². The number of benzene rings is 2. The molecule has 2 fully saturated rings. The van der Waals surface area contributed by atoms with Crippen LogP contribution in [0.2, 0.25) is 0 Å². The number of alkyl halides is 3. The Morgan fingerprint density at radius 2 is 1.75 bits per heavy atom. The number of halogens is 4. The van der Waals surface area contributed by atoms with E-state index >= 15 is 0 Å². The first kappa shape index (κ1) is 35.2. The smallest absolute Gasteiger partial charge is 0.429 e. The maximum absolute atomic E-state index is 14.6. The molecule has 0 aliphatic carbocycles. The number of nitrogens with two attached hydrogens (primary N) is 1. The number of hydrogen-bond acceptors (Lipinski definition) is 9. The first-order chi connectivity index (χ1) is 22.6. The normalized spacial score (nSPS) is 18.5. The number of carbonyl (C=O) groups excluding carboxylic acids is 2. The van der Waals surface area contributed by atoms with Gasteiger partial charge in [-0.25, -0.2) is 9.59 Å². The zero-order valence-corrected chi connectivity index (χ0v) is 28.8. The molecule has 14 heteroatoms. The zero-order valence-electron chi connectivity index (χ0n) is 27.2. The van der Waals surface area contributed by atoms with Crippen molar-refractivity contribution >= 4 is 39.8 Å². The molecule has 0 unspecified atom stereocenters. The molecule has 2 N–H and O–H groups in total. The predicted molar refractivity (Wildman–Crippen MR) is 177 cm³/mol. The highest BCUT2D eigenvalue weighted by atomic mass is 79.9. The maximum Gasteiger partial charge on any atom is 0.429 e. The standard InChI is InChI=1S/C34H39BrF3N5O5/c1-5-46-29(44)25-19-33(20-43(25)31(45)48-32(2,3)4)13-15-42(16-14-33)26-18-27(41-30(39)40-26)47-28(34(36,37)38)23-12-11-22(35)17-24(23)21-9-7-6-8-10-21/h6-12,17-18,25,28H,5,13-16,19-20H2,1-4H3,(H2,39,40,41)/t25-,28+/m0/s1. The van der Waals surface area contributed by atoms with E-state index in [0.717, 1.165) is 0 Å². The van der Waals surface area contributed by atoms with Gasteiger partial charge in [0.05, 0.1) is 6.61 Å². The molecule has 0 bridgehead atoms. The molecular formula is C34H39BrF3N5O5. The van der Waals surface area contributed by atoms with Gasteiger partial charge < -0.3 is 24.8 Å². The van der Waals surface area contributed by atoms with Crippen molar-refractivity contribution < 1.29 is 37.0 Å². The van der Waals surface area contributed by atoms with Crippen LogP contribution >= 0.6 is 15.9 Å². The lowest BCUT2D eigenvalue weighted by Crippen LogP contribution is -2.45. The molecule has 1 spiro atoms. The molecular weight excluding hydrogens is 695 g/mol. The Labute approximate surface area is 285 Å². The molecule has 2 saturated heterocycles. The number of piperidine rings is 1. The van der Waals surface area contributed by atoms with Crippen molar-refractivity contribution in [3.8, 4) is 17.0 Å². The van der Waals surface area contributed by atoms with E-state index in [-0.39, 0.29) is 29.4 Å². The van der Waals surface area contributed by atoms with Gasteiger partial charge in [0.2, 0.25) is 17.9 Å². The lowest BCUT2D eigenvalue weighted by molar-refractivity contribution is -0.198.